The Morgan fingerprint density at radius 1 is 1.30 bits per heavy atom. The fraction of sp³-hybridized carbons (Fsp3) is 0.500. The number of amides is 1. The number of sulfonamides is 1. The van der Waals surface area contributed by atoms with Crippen LogP contribution in [0.4, 0.5) is 0 Å². The smallest absolute Gasteiger partial charge is 0.241 e. The first-order chi connectivity index (χ1) is 10.9. The van der Waals surface area contributed by atoms with Crippen molar-refractivity contribution < 1.29 is 22.7 Å². The van der Waals surface area contributed by atoms with Crippen LogP contribution in [0.3, 0.4) is 0 Å². The molecule has 0 bridgehead atoms. The summed E-state index contributed by atoms with van der Waals surface area (Å²) < 4.78 is 38.0. The summed E-state index contributed by atoms with van der Waals surface area (Å²) in [5.41, 5.74) is 5.29. The van der Waals surface area contributed by atoms with E-state index < -0.39 is 22.0 Å². The van der Waals surface area contributed by atoms with Crippen LogP contribution >= 0.6 is 0 Å². The minimum absolute atomic E-state index is 0.0141. The summed E-state index contributed by atoms with van der Waals surface area (Å²) in [6, 6.07) is 3.45. The van der Waals surface area contributed by atoms with E-state index in [4.69, 9.17) is 15.2 Å². The van der Waals surface area contributed by atoms with Crippen LogP contribution in [0.15, 0.2) is 23.1 Å². The van der Waals surface area contributed by atoms with Crippen LogP contribution in [0.2, 0.25) is 0 Å². The lowest BCUT2D eigenvalue weighted by molar-refractivity contribution is -0.122. The van der Waals surface area contributed by atoms with Gasteiger partial charge < -0.3 is 20.5 Å². The Morgan fingerprint density at radius 2 is 2.00 bits per heavy atom. The van der Waals surface area contributed by atoms with E-state index in [9.17, 15) is 13.2 Å². The number of rotatable bonds is 6. The van der Waals surface area contributed by atoms with Gasteiger partial charge in [-0.05, 0) is 19.1 Å². The van der Waals surface area contributed by atoms with Gasteiger partial charge in [0.15, 0.2) is 11.5 Å². The molecule has 1 amide bonds. The van der Waals surface area contributed by atoms with Crippen molar-refractivity contribution in [1.29, 1.82) is 0 Å². The standard InChI is InChI=1S/C14H21N3O5S/c1-10(14(18)16-6-5-15)17-23(19,20)11-3-4-12-13(9-11)22-8-2-7-21-12/h3-4,9-10,17H,2,5-8,15H2,1H3,(H,16,18). The molecule has 1 atom stereocenters. The third-order valence-electron chi connectivity index (χ3n) is 3.20. The molecule has 0 aromatic heterocycles. The number of carbonyl (C=O) groups excluding carboxylic acids is 1. The maximum Gasteiger partial charge on any atom is 0.241 e. The van der Waals surface area contributed by atoms with E-state index in [1.807, 2.05) is 0 Å². The van der Waals surface area contributed by atoms with Crippen molar-refractivity contribution in [3.8, 4) is 11.5 Å². The first-order valence-electron chi connectivity index (χ1n) is 7.34. The van der Waals surface area contributed by atoms with E-state index in [1.165, 1.54) is 19.1 Å². The summed E-state index contributed by atoms with van der Waals surface area (Å²) in [5.74, 6) is 0.453. The second kappa shape index (κ2) is 7.62. The molecular weight excluding hydrogens is 322 g/mol. The summed E-state index contributed by atoms with van der Waals surface area (Å²) in [7, 11) is -3.85. The van der Waals surface area contributed by atoms with Crippen molar-refractivity contribution in [2.24, 2.45) is 5.73 Å². The van der Waals surface area contributed by atoms with Gasteiger partial charge in [0.05, 0.1) is 24.2 Å². The average Bonchev–Trinajstić information content (AvgIpc) is 2.76. The molecule has 0 aliphatic carbocycles. The van der Waals surface area contributed by atoms with Gasteiger partial charge in [-0.3, -0.25) is 4.79 Å². The van der Waals surface area contributed by atoms with Gasteiger partial charge in [-0.25, -0.2) is 8.42 Å². The molecule has 23 heavy (non-hydrogen) atoms. The van der Waals surface area contributed by atoms with Crippen LogP contribution in [-0.2, 0) is 14.8 Å². The molecule has 1 aromatic rings. The van der Waals surface area contributed by atoms with Gasteiger partial charge in [0.25, 0.3) is 0 Å². The largest absolute Gasteiger partial charge is 0.490 e. The average molecular weight is 343 g/mol. The molecule has 0 radical (unpaired) electrons. The first kappa shape index (κ1) is 17.5. The van der Waals surface area contributed by atoms with Crippen molar-refractivity contribution in [3.05, 3.63) is 18.2 Å². The Kier molecular flexibility index (Phi) is 5.80. The van der Waals surface area contributed by atoms with E-state index in [0.717, 1.165) is 6.42 Å². The number of ether oxygens (including phenoxy) is 2. The van der Waals surface area contributed by atoms with Crippen molar-refractivity contribution >= 4 is 15.9 Å². The lowest BCUT2D eigenvalue weighted by Crippen LogP contribution is -2.45. The number of hydrogen-bond acceptors (Lipinski definition) is 6. The maximum absolute atomic E-state index is 12.4. The Morgan fingerprint density at radius 3 is 2.70 bits per heavy atom. The van der Waals surface area contributed by atoms with Gasteiger partial charge in [-0.2, -0.15) is 4.72 Å². The van der Waals surface area contributed by atoms with Gasteiger partial charge in [0.2, 0.25) is 15.9 Å². The van der Waals surface area contributed by atoms with Crippen molar-refractivity contribution in [3.63, 3.8) is 0 Å². The molecule has 0 fully saturated rings. The molecule has 1 aromatic carbocycles. The van der Waals surface area contributed by atoms with Crippen LogP contribution < -0.4 is 25.2 Å². The van der Waals surface area contributed by atoms with Crippen molar-refractivity contribution in [2.75, 3.05) is 26.3 Å². The van der Waals surface area contributed by atoms with Gasteiger partial charge in [0, 0.05) is 25.6 Å². The van der Waals surface area contributed by atoms with Gasteiger partial charge in [-0.15, -0.1) is 0 Å². The molecular formula is C14H21N3O5S. The molecule has 0 spiro atoms. The monoisotopic (exact) mass is 343 g/mol. The molecule has 0 saturated heterocycles. The number of fused-ring (bicyclic) bond motifs is 1. The number of hydrogen-bond donors (Lipinski definition) is 3. The molecule has 1 unspecified atom stereocenters. The molecule has 0 saturated carbocycles. The Hall–Kier alpha value is -1.84. The molecule has 1 heterocycles. The van der Waals surface area contributed by atoms with E-state index in [1.54, 1.807) is 6.07 Å². The topological polar surface area (TPSA) is 120 Å². The summed E-state index contributed by atoms with van der Waals surface area (Å²) in [6.45, 7) is 3.02. The molecule has 2 rings (SSSR count). The fourth-order valence-corrected chi connectivity index (χ4v) is 3.23. The highest BCUT2D eigenvalue weighted by molar-refractivity contribution is 7.89. The number of carbonyl (C=O) groups is 1. The Balaban J connectivity index is 2.13. The van der Waals surface area contributed by atoms with Crippen LogP contribution in [0.1, 0.15) is 13.3 Å². The number of benzene rings is 1. The quantitative estimate of drug-likeness (QED) is 0.646. The van der Waals surface area contributed by atoms with Crippen molar-refractivity contribution in [1.82, 2.24) is 10.0 Å². The maximum atomic E-state index is 12.4. The van der Waals surface area contributed by atoms with Gasteiger partial charge in [0.1, 0.15) is 0 Å². The fourth-order valence-electron chi connectivity index (χ4n) is 2.01. The lowest BCUT2D eigenvalue weighted by Gasteiger charge is -2.15. The van der Waals surface area contributed by atoms with E-state index in [0.29, 0.717) is 24.7 Å². The summed E-state index contributed by atoms with van der Waals surface area (Å²) in [4.78, 5) is 11.8. The summed E-state index contributed by atoms with van der Waals surface area (Å²) >= 11 is 0. The van der Waals surface area contributed by atoms with E-state index >= 15 is 0 Å². The third kappa shape index (κ3) is 4.57. The zero-order valence-corrected chi connectivity index (χ0v) is 13.7. The van der Waals surface area contributed by atoms with E-state index in [-0.39, 0.29) is 18.0 Å². The molecule has 8 nitrogen and oxygen atoms in total. The number of nitrogens with two attached hydrogens (primary N) is 1. The van der Waals surface area contributed by atoms with Crippen LogP contribution in [0.25, 0.3) is 0 Å². The number of nitrogens with one attached hydrogen (secondary N) is 2. The Labute approximate surface area is 135 Å². The van der Waals surface area contributed by atoms with Gasteiger partial charge >= 0.3 is 0 Å². The zero-order valence-electron chi connectivity index (χ0n) is 12.9. The molecule has 9 heteroatoms. The molecule has 1 aliphatic heterocycles. The lowest BCUT2D eigenvalue weighted by atomic mass is 10.3. The predicted molar refractivity (Wildman–Crippen MR) is 83.9 cm³/mol. The molecule has 128 valence electrons. The van der Waals surface area contributed by atoms with Crippen molar-refractivity contribution in [2.45, 2.75) is 24.3 Å². The Bertz CT molecular complexity index is 662. The summed E-state index contributed by atoms with van der Waals surface area (Å²) in [6.07, 6.45) is 0.730. The van der Waals surface area contributed by atoms with Crippen LogP contribution in [0, 0.1) is 0 Å². The second-order valence-corrected chi connectivity index (χ2v) is 6.80. The third-order valence-corrected chi connectivity index (χ3v) is 4.74. The van der Waals surface area contributed by atoms with E-state index in [2.05, 4.69) is 10.0 Å². The first-order valence-corrected chi connectivity index (χ1v) is 8.82. The summed E-state index contributed by atoms with van der Waals surface area (Å²) in [5, 5.41) is 2.53. The predicted octanol–water partition coefficient (Wildman–Crippen LogP) is -0.410. The van der Waals surface area contributed by atoms with Crippen LogP contribution in [0.5, 0.6) is 11.5 Å². The minimum Gasteiger partial charge on any atom is -0.490 e. The SMILES string of the molecule is CC(NS(=O)(=O)c1ccc2c(c1)OCCCO2)C(=O)NCCN. The molecule has 4 N–H and O–H groups in total. The minimum atomic E-state index is -3.85. The second-order valence-electron chi connectivity index (χ2n) is 5.08. The normalized spacial score (nSPS) is 15.6. The molecule has 1 aliphatic rings. The zero-order chi connectivity index (χ0) is 16.9. The highest BCUT2D eigenvalue weighted by atomic mass is 32.2. The highest BCUT2D eigenvalue weighted by Crippen LogP contribution is 2.31. The van der Waals surface area contributed by atoms with Crippen LogP contribution in [-0.4, -0.2) is 46.7 Å². The van der Waals surface area contributed by atoms with Gasteiger partial charge in [-0.1, -0.05) is 0 Å². The highest BCUT2D eigenvalue weighted by Gasteiger charge is 2.23.